The van der Waals surface area contributed by atoms with Crippen molar-refractivity contribution in [2.45, 2.75) is 31.1 Å². The maximum absolute atomic E-state index is 6.21. The van der Waals surface area contributed by atoms with E-state index < -0.39 is 0 Å². The molecule has 0 saturated carbocycles. The number of hydrogen-bond donors (Lipinski definition) is 0. The van der Waals surface area contributed by atoms with E-state index in [1.807, 2.05) is 24.3 Å². The summed E-state index contributed by atoms with van der Waals surface area (Å²) in [6.07, 6.45) is 3.43. The van der Waals surface area contributed by atoms with Gasteiger partial charge in [-0.05, 0) is 0 Å². The summed E-state index contributed by atoms with van der Waals surface area (Å²) in [5, 5.41) is 9.94. The zero-order valence-corrected chi connectivity index (χ0v) is 20.5. The second kappa shape index (κ2) is 8.78. The molecule has 152 valence electrons. The van der Waals surface area contributed by atoms with Gasteiger partial charge in [-0.2, -0.15) is 0 Å². The number of nitrogens with zero attached hydrogens (tertiary/aromatic N) is 4. The first kappa shape index (κ1) is 20.2. The summed E-state index contributed by atoms with van der Waals surface area (Å²) >= 11 is 6.33. The normalized spacial score (nSPS) is 16.8. The zero-order chi connectivity index (χ0) is 20.5. The van der Waals surface area contributed by atoms with Gasteiger partial charge in [0, 0.05) is 0 Å². The van der Waals surface area contributed by atoms with E-state index in [1.54, 1.807) is 7.11 Å². The monoisotopic (exact) mass is 550 g/mol. The first-order chi connectivity index (χ1) is 14.7. The molecule has 1 aliphatic carbocycles. The standard InChI is InChI=1S/C22H19ClN4OSe2/c1-28-16-11-7-14(8-12-16)20-22(30-27-24-20)19(13-5-9-15(23)10-6-13)17-3-2-4-18-21(17)25-26-29-18/h5-12,17,19H,2-4H2,1H3/t17-,19-/m0/s1. The molecule has 2 aromatic heterocycles. The average molecular weight is 549 g/mol. The molecule has 2 aromatic carbocycles. The first-order valence-corrected chi connectivity index (χ1v) is 13.4. The number of ether oxygens (including phenoxy) is 1. The third-order valence-electron chi connectivity index (χ3n) is 5.65. The minimum absolute atomic E-state index is 0.0430. The molecule has 0 N–H and O–H groups in total. The number of methoxy groups -OCH3 is 1. The molecule has 0 spiro atoms. The van der Waals surface area contributed by atoms with Gasteiger partial charge in [0.1, 0.15) is 0 Å². The molecular weight excluding hydrogens is 530 g/mol. The van der Waals surface area contributed by atoms with Crippen molar-refractivity contribution in [2.24, 2.45) is 0 Å². The fraction of sp³-hybridized carbons (Fsp3) is 0.273. The molecular formula is C22H19ClN4OSe2. The van der Waals surface area contributed by atoms with Crippen molar-refractivity contribution in [3.8, 4) is 17.0 Å². The molecule has 0 aliphatic heterocycles. The van der Waals surface area contributed by atoms with Crippen molar-refractivity contribution in [1.29, 1.82) is 0 Å². The third-order valence-corrected chi connectivity index (χ3v) is 9.26. The summed E-state index contributed by atoms with van der Waals surface area (Å²) < 4.78 is 17.0. The van der Waals surface area contributed by atoms with Crippen molar-refractivity contribution in [1.82, 2.24) is 18.4 Å². The van der Waals surface area contributed by atoms with Crippen LogP contribution in [0.1, 0.15) is 44.8 Å². The van der Waals surface area contributed by atoms with E-state index in [0.29, 0.717) is 5.92 Å². The van der Waals surface area contributed by atoms with E-state index >= 15 is 0 Å². The van der Waals surface area contributed by atoms with Crippen LogP contribution in [0.3, 0.4) is 0 Å². The topological polar surface area (TPSA) is 60.8 Å². The van der Waals surface area contributed by atoms with Gasteiger partial charge in [0.2, 0.25) is 0 Å². The van der Waals surface area contributed by atoms with Crippen LogP contribution in [0.2, 0.25) is 5.02 Å². The van der Waals surface area contributed by atoms with Gasteiger partial charge in [0.05, 0.1) is 0 Å². The minimum atomic E-state index is -0.0430. The SMILES string of the molecule is COc1ccc(-c2nn[se]c2[C@@H](c2ccc(Cl)cc2)[C@@H]2CCCc3[se]nnc32)cc1. The van der Waals surface area contributed by atoms with E-state index in [9.17, 15) is 0 Å². The Labute approximate surface area is 192 Å². The van der Waals surface area contributed by atoms with E-state index in [-0.39, 0.29) is 35.4 Å². The Morgan fingerprint density at radius 3 is 2.53 bits per heavy atom. The van der Waals surface area contributed by atoms with Gasteiger partial charge in [-0.15, -0.1) is 0 Å². The Morgan fingerprint density at radius 1 is 1.00 bits per heavy atom. The molecule has 0 saturated heterocycles. The van der Waals surface area contributed by atoms with Gasteiger partial charge < -0.3 is 0 Å². The molecule has 8 heteroatoms. The Morgan fingerprint density at radius 2 is 1.77 bits per heavy atom. The van der Waals surface area contributed by atoms with Gasteiger partial charge in [0.25, 0.3) is 0 Å². The van der Waals surface area contributed by atoms with Gasteiger partial charge >= 0.3 is 193 Å². The summed E-state index contributed by atoms with van der Waals surface area (Å²) in [6.45, 7) is 0. The van der Waals surface area contributed by atoms with Crippen LogP contribution in [-0.4, -0.2) is 55.0 Å². The molecule has 0 radical (unpaired) electrons. The van der Waals surface area contributed by atoms with Crippen LogP contribution in [0.5, 0.6) is 5.75 Å². The molecule has 2 heterocycles. The van der Waals surface area contributed by atoms with Gasteiger partial charge in [0.15, 0.2) is 0 Å². The van der Waals surface area contributed by atoms with E-state index in [1.165, 1.54) is 26.6 Å². The number of hydrogen-bond acceptors (Lipinski definition) is 5. The molecule has 0 fully saturated rings. The second-order valence-corrected chi connectivity index (χ2v) is 11.2. The molecule has 0 amide bonds. The summed E-state index contributed by atoms with van der Waals surface area (Å²) in [5.41, 5.74) is 4.54. The van der Waals surface area contributed by atoms with E-state index in [4.69, 9.17) is 16.3 Å². The van der Waals surface area contributed by atoms with Crippen molar-refractivity contribution in [3.63, 3.8) is 0 Å². The number of aryl methyl sites for hydroxylation is 1. The van der Waals surface area contributed by atoms with E-state index in [2.05, 4.69) is 42.7 Å². The summed E-state index contributed by atoms with van der Waals surface area (Å²) in [7, 11) is 1.68. The third kappa shape index (κ3) is 3.81. The quantitative estimate of drug-likeness (QED) is 0.354. The molecule has 0 bridgehead atoms. The first-order valence-electron chi connectivity index (χ1n) is 9.78. The van der Waals surface area contributed by atoms with Crippen LogP contribution < -0.4 is 4.74 Å². The van der Waals surface area contributed by atoms with Crippen molar-refractivity contribution in [3.05, 3.63) is 73.7 Å². The number of fused-ring (bicyclic) bond motifs is 1. The zero-order valence-electron chi connectivity index (χ0n) is 16.3. The molecule has 1 aliphatic rings. The second-order valence-electron chi connectivity index (χ2n) is 7.32. The molecule has 30 heavy (non-hydrogen) atoms. The van der Waals surface area contributed by atoms with Gasteiger partial charge in [-0.25, -0.2) is 0 Å². The number of benzene rings is 2. The van der Waals surface area contributed by atoms with Crippen molar-refractivity contribution < 1.29 is 4.74 Å². The van der Waals surface area contributed by atoms with Gasteiger partial charge in [-0.3, -0.25) is 0 Å². The molecule has 4 aromatic rings. The molecule has 5 nitrogen and oxygen atoms in total. The predicted molar refractivity (Wildman–Crippen MR) is 119 cm³/mol. The van der Waals surface area contributed by atoms with Crippen LogP contribution in [0.25, 0.3) is 11.3 Å². The van der Waals surface area contributed by atoms with Crippen LogP contribution in [-0.2, 0) is 6.42 Å². The Balaban J connectivity index is 1.64. The average Bonchev–Trinajstić information content (AvgIpc) is 3.45. The van der Waals surface area contributed by atoms with Crippen LogP contribution in [0.4, 0.5) is 0 Å². The molecule has 5 rings (SSSR count). The van der Waals surface area contributed by atoms with Crippen LogP contribution in [0, 0.1) is 0 Å². The Kier molecular flexibility index (Phi) is 5.90. The van der Waals surface area contributed by atoms with Crippen molar-refractivity contribution in [2.75, 3.05) is 7.11 Å². The van der Waals surface area contributed by atoms with Crippen LogP contribution >= 0.6 is 11.6 Å². The van der Waals surface area contributed by atoms with E-state index in [0.717, 1.165) is 34.9 Å². The summed E-state index contributed by atoms with van der Waals surface area (Å²) in [4.78, 5) is 0. The van der Waals surface area contributed by atoms with Crippen LogP contribution in [0.15, 0.2) is 48.5 Å². The maximum atomic E-state index is 6.21. The van der Waals surface area contributed by atoms with Crippen molar-refractivity contribution >= 4 is 41.1 Å². The number of halogens is 1. The fourth-order valence-electron chi connectivity index (χ4n) is 4.20. The number of aromatic nitrogens is 4. The Bertz CT molecular complexity index is 1140. The number of rotatable bonds is 5. The molecule has 2 atom stereocenters. The fourth-order valence-corrected chi connectivity index (χ4v) is 7.72. The summed E-state index contributed by atoms with van der Waals surface area (Å²) in [5.74, 6) is 1.34. The van der Waals surface area contributed by atoms with Gasteiger partial charge in [-0.1, -0.05) is 0 Å². The predicted octanol–water partition coefficient (Wildman–Crippen LogP) is 3.96. The molecule has 0 unspecified atom stereocenters. The Hall–Kier alpha value is -1.75. The summed E-state index contributed by atoms with van der Waals surface area (Å²) in [6, 6.07) is 16.3.